The van der Waals surface area contributed by atoms with E-state index in [2.05, 4.69) is 71.5 Å². The fourth-order valence-electron chi connectivity index (χ4n) is 2.23. The number of rotatable bonds is 6. The molecule has 20 heavy (non-hydrogen) atoms. The van der Waals surface area contributed by atoms with E-state index in [0.29, 0.717) is 0 Å². The van der Waals surface area contributed by atoms with Crippen molar-refractivity contribution in [2.45, 2.75) is 26.9 Å². The molecule has 0 bridgehead atoms. The van der Waals surface area contributed by atoms with E-state index in [0.717, 1.165) is 31.0 Å². The van der Waals surface area contributed by atoms with Gasteiger partial charge >= 0.3 is 0 Å². The third kappa shape index (κ3) is 3.81. The number of pyridine rings is 1. The molecule has 2 rings (SSSR count). The van der Waals surface area contributed by atoms with Crippen molar-refractivity contribution in [2.24, 2.45) is 0 Å². The van der Waals surface area contributed by atoms with Crippen molar-refractivity contribution in [3.63, 3.8) is 0 Å². The van der Waals surface area contributed by atoms with Crippen LogP contribution in [0, 0.1) is 6.92 Å². The minimum absolute atomic E-state index is 0.810. The lowest BCUT2D eigenvalue weighted by molar-refractivity contribution is 0.761. The lowest BCUT2D eigenvalue weighted by Gasteiger charge is -2.23. The van der Waals surface area contributed by atoms with Gasteiger partial charge in [-0.3, -0.25) is 4.98 Å². The lowest BCUT2D eigenvalue weighted by Crippen LogP contribution is -2.23. The molecular formula is C17H23N3. The molecule has 3 heteroatoms. The molecule has 0 spiro atoms. The van der Waals surface area contributed by atoms with E-state index in [4.69, 9.17) is 0 Å². The molecule has 0 aliphatic carbocycles. The van der Waals surface area contributed by atoms with E-state index in [9.17, 15) is 0 Å². The van der Waals surface area contributed by atoms with Gasteiger partial charge in [-0.15, -0.1) is 0 Å². The Morgan fingerprint density at radius 2 is 1.75 bits per heavy atom. The Labute approximate surface area is 121 Å². The summed E-state index contributed by atoms with van der Waals surface area (Å²) in [7, 11) is 1.94. The van der Waals surface area contributed by atoms with Gasteiger partial charge in [0.05, 0.1) is 17.9 Å². The SMILES string of the molecule is CCN(Cc1cccc(CNC)n1)c1ccc(C)cc1. The molecule has 0 aliphatic rings. The Morgan fingerprint density at radius 1 is 1.05 bits per heavy atom. The Bertz CT molecular complexity index is 534. The summed E-state index contributed by atoms with van der Waals surface area (Å²) in [5.41, 5.74) is 4.74. The fourth-order valence-corrected chi connectivity index (χ4v) is 2.23. The monoisotopic (exact) mass is 269 g/mol. The Hall–Kier alpha value is -1.87. The van der Waals surface area contributed by atoms with E-state index in [1.54, 1.807) is 0 Å². The van der Waals surface area contributed by atoms with Crippen molar-refractivity contribution in [1.82, 2.24) is 10.3 Å². The summed E-state index contributed by atoms with van der Waals surface area (Å²) in [5.74, 6) is 0. The van der Waals surface area contributed by atoms with E-state index < -0.39 is 0 Å². The van der Waals surface area contributed by atoms with Crippen molar-refractivity contribution in [3.8, 4) is 0 Å². The number of hydrogen-bond donors (Lipinski definition) is 1. The molecule has 3 nitrogen and oxygen atoms in total. The zero-order chi connectivity index (χ0) is 14.4. The minimum Gasteiger partial charge on any atom is -0.366 e. The van der Waals surface area contributed by atoms with Gasteiger partial charge in [-0.05, 0) is 45.2 Å². The zero-order valence-corrected chi connectivity index (χ0v) is 12.6. The third-order valence-electron chi connectivity index (χ3n) is 3.36. The third-order valence-corrected chi connectivity index (χ3v) is 3.36. The van der Waals surface area contributed by atoms with Gasteiger partial charge in [0.25, 0.3) is 0 Å². The maximum atomic E-state index is 4.69. The molecule has 0 fully saturated rings. The second-order valence-electron chi connectivity index (χ2n) is 5.00. The number of aromatic nitrogens is 1. The van der Waals surface area contributed by atoms with Crippen LogP contribution in [-0.2, 0) is 13.1 Å². The molecule has 2 aromatic rings. The Morgan fingerprint density at radius 3 is 2.40 bits per heavy atom. The first-order valence-electron chi connectivity index (χ1n) is 7.14. The van der Waals surface area contributed by atoms with Crippen LogP contribution in [0.25, 0.3) is 0 Å². The average molecular weight is 269 g/mol. The number of benzene rings is 1. The first kappa shape index (κ1) is 14.5. The molecule has 1 N–H and O–H groups in total. The molecule has 1 aromatic heterocycles. The van der Waals surface area contributed by atoms with Crippen LogP contribution in [0.3, 0.4) is 0 Å². The predicted molar refractivity (Wildman–Crippen MR) is 84.9 cm³/mol. The van der Waals surface area contributed by atoms with E-state index in [1.165, 1.54) is 11.3 Å². The summed E-state index contributed by atoms with van der Waals surface area (Å²) < 4.78 is 0. The Balaban J connectivity index is 2.13. The van der Waals surface area contributed by atoms with Gasteiger partial charge in [0.15, 0.2) is 0 Å². The van der Waals surface area contributed by atoms with E-state index >= 15 is 0 Å². The minimum atomic E-state index is 0.810. The Kier molecular flexibility index (Phi) is 5.13. The number of aryl methyl sites for hydroxylation is 1. The number of anilines is 1. The molecular weight excluding hydrogens is 246 g/mol. The highest BCUT2D eigenvalue weighted by molar-refractivity contribution is 5.47. The summed E-state index contributed by atoms with van der Waals surface area (Å²) in [6, 6.07) is 14.9. The topological polar surface area (TPSA) is 28.2 Å². The molecule has 0 amide bonds. The van der Waals surface area contributed by atoms with E-state index in [1.807, 2.05) is 7.05 Å². The van der Waals surface area contributed by atoms with Crippen LogP contribution in [0.5, 0.6) is 0 Å². The van der Waals surface area contributed by atoms with Crippen molar-refractivity contribution in [1.29, 1.82) is 0 Å². The van der Waals surface area contributed by atoms with Crippen LogP contribution in [0.4, 0.5) is 5.69 Å². The average Bonchev–Trinajstić information content (AvgIpc) is 2.47. The maximum Gasteiger partial charge on any atom is 0.0602 e. The molecule has 1 aromatic carbocycles. The highest BCUT2D eigenvalue weighted by Gasteiger charge is 2.06. The van der Waals surface area contributed by atoms with Crippen LogP contribution < -0.4 is 10.2 Å². The first-order valence-corrected chi connectivity index (χ1v) is 7.14. The normalized spacial score (nSPS) is 10.6. The summed E-state index contributed by atoms with van der Waals surface area (Å²) in [6.45, 7) is 6.92. The van der Waals surface area contributed by atoms with Crippen LogP contribution in [-0.4, -0.2) is 18.6 Å². The van der Waals surface area contributed by atoms with Gasteiger partial charge in [-0.1, -0.05) is 23.8 Å². The standard InChI is InChI=1S/C17H23N3/c1-4-20(17-10-8-14(2)9-11-17)13-16-7-5-6-15(19-16)12-18-3/h5-11,18H,4,12-13H2,1-3H3. The fraction of sp³-hybridized carbons (Fsp3) is 0.353. The van der Waals surface area contributed by atoms with Crippen molar-refractivity contribution < 1.29 is 0 Å². The predicted octanol–water partition coefficient (Wildman–Crippen LogP) is 3.14. The number of nitrogens with one attached hydrogen (secondary N) is 1. The lowest BCUT2D eigenvalue weighted by atomic mass is 10.2. The molecule has 0 aliphatic heterocycles. The zero-order valence-electron chi connectivity index (χ0n) is 12.6. The summed E-state index contributed by atoms with van der Waals surface area (Å²) in [5, 5.41) is 3.14. The summed E-state index contributed by atoms with van der Waals surface area (Å²) >= 11 is 0. The van der Waals surface area contributed by atoms with Gasteiger partial charge in [0.2, 0.25) is 0 Å². The van der Waals surface area contributed by atoms with Gasteiger partial charge in [-0.25, -0.2) is 0 Å². The molecule has 0 saturated carbocycles. The van der Waals surface area contributed by atoms with Gasteiger partial charge < -0.3 is 10.2 Å². The van der Waals surface area contributed by atoms with Crippen LogP contribution in [0.1, 0.15) is 23.9 Å². The van der Waals surface area contributed by atoms with Gasteiger partial charge in [0, 0.05) is 18.8 Å². The van der Waals surface area contributed by atoms with Crippen molar-refractivity contribution >= 4 is 5.69 Å². The number of nitrogens with zero attached hydrogens (tertiary/aromatic N) is 2. The second-order valence-corrected chi connectivity index (χ2v) is 5.00. The van der Waals surface area contributed by atoms with Gasteiger partial charge in [0.1, 0.15) is 0 Å². The molecule has 0 radical (unpaired) electrons. The largest absolute Gasteiger partial charge is 0.366 e. The maximum absolute atomic E-state index is 4.69. The quantitative estimate of drug-likeness (QED) is 0.873. The van der Waals surface area contributed by atoms with Crippen molar-refractivity contribution in [2.75, 3.05) is 18.5 Å². The summed E-state index contributed by atoms with van der Waals surface area (Å²) in [6.07, 6.45) is 0. The van der Waals surface area contributed by atoms with E-state index in [-0.39, 0.29) is 0 Å². The smallest absolute Gasteiger partial charge is 0.0602 e. The number of hydrogen-bond acceptors (Lipinski definition) is 3. The van der Waals surface area contributed by atoms with Crippen LogP contribution in [0.15, 0.2) is 42.5 Å². The summed E-state index contributed by atoms with van der Waals surface area (Å²) in [4.78, 5) is 7.03. The first-order chi connectivity index (χ1) is 9.72. The van der Waals surface area contributed by atoms with Crippen molar-refractivity contribution in [3.05, 3.63) is 59.4 Å². The molecule has 1 heterocycles. The molecule has 0 saturated heterocycles. The second kappa shape index (κ2) is 7.06. The van der Waals surface area contributed by atoms with Crippen LogP contribution in [0.2, 0.25) is 0 Å². The van der Waals surface area contributed by atoms with Crippen LogP contribution >= 0.6 is 0 Å². The highest BCUT2D eigenvalue weighted by atomic mass is 15.1. The highest BCUT2D eigenvalue weighted by Crippen LogP contribution is 2.17. The molecule has 0 unspecified atom stereocenters. The molecule has 106 valence electrons. The molecule has 0 atom stereocenters. The van der Waals surface area contributed by atoms with Gasteiger partial charge in [-0.2, -0.15) is 0 Å².